The summed E-state index contributed by atoms with van der Waals surface area (Å²) in [7, 11) is 0. The van der Waals surface area contributed by atoms with Gasteiger partial charge in [-0.1, -0.05) is 25.0 Å². The quantitative estimate of drug-likeness (QED) is 0.655. The molecular weight excluding hydrogens is 335 g/mol. The van der Waals surface area contributed by atoms with Gasteiger partial charge in [0.05, 0.1) is 10.2 Å². The summed E-state index contributed by atoms with van der Waals surface area (Å²) in [5, 5.41) is 2.05. The molecule has 2 aromatic heterocycles. The normalized spacial score (nSPS) is 15.5. The summed E-state index contributed by atoms with van der Waals surface area (Å²) in [6.07, 6.45) is 4.57. The molecule has 4 rings (SSSR count). The van der Waals surface area contributed by atoms with E-state index < -0.39 is 0 Å². The van der Waals surface area contributed by atoms with Crippen LogP contribution in [-0.2, 0) is 6.54 Å². The molecule has 0 radical (unpaired) electrons. The molecule has 3 aromatic rings. The van der Waals surface area contributed by atoms with E-state index in [1.165, 1.54) is 25.0 Å². The largest absolute Gasteiger partial charge is 0.337 e. The Bertz CT molecular complexity index is 873. The van der Waals surface area contributed by atoms with Crippen LogP contribution in [0.1, 0.15) is 41.7 Å². The molecule has 1 saturated heterocycles. The zero-order valence-corrected chi connectivity index (χ0v) is 14.9. The molecule has 0 aliphatic carbocycles. The maximum Gasteiger partial charge on any atom is 0.270 e. The number of benzene rings is 1. The van der Waals surface area contributed by atoms with Gasteiger partial charge in [0.15, 0.2) is 0 Å². The third-order valence-corrected chi connectivity index (χ3v) is 5.74. The van der Waals surface area contributed by atoms with E-state index in [0.29, 0.717) is 6.54 Å². The van der Waals surface area contributed by atoms with Crippen molar-refractivity contribution < 1.29 is 9.18 Å². The average molecular weight is 356 g/mol. The highest BCUT2D eigenvalue weighted by Gasteiger charge is 2.22. The Morgan fingerprint density at radius 3 is 2.48 bits per heavy atom. The molecule has 0 N–H and O–H groups in total. The van der Waals surface area contributed by atoms with Crippen molar-refractivity contribution in [3.63, 3.8) is 0 Å². The van der Waals surface area contributed by atoms with Crippen molar-refractivity contribution in [1.29, 1.82) is 0 Å². The maximum atomic E-state index is 13.2. The Labute approximate surface area is 150 Å². The lowest BCUT2D eigenvalue weighted by Gasteiger charge is -2.21. The molecule has 5 heteroatoms. The van der Waals surface area contributed by atoms with Crippen LogP contribution in [0.2, 0.25) is 0 Å². The SMILES string of the molecule is O=C(c1cc2sccc2n1Cc1ccc(F)cc1)N1CCCCCC1. The molecule has 130 valence electrons. The molecule has 25 heavy (non-hydrogen) atoms. The van der Waals surface area contributed by atoms with E-state index in [9.17, 15) is 9.18 Å². The first-order valence-electron chi connectivity index (χ1n) is 8.83. The van der Waals surface area contributed by atoms with Crippen LogP contribution in [0.15, 0.2) is 41.8 Å². The number of thiophene rings is 1. The van der Waals surface area contributed by atoms with Gasteiger partial charge in [-0.15, -0.1) is 11.3 Å². The third-order valence-electron chi connectivity index (χ3n) is 4.89. The molecule has 0 unspecified atom stereocenters. The Morgan fingerprint density at radius 2 is 1.76 bits per heavy atom. The average Bonchev–Trinajstić information content (AvgIpc) is 3.08. The Hall–Kier alpha value is -2.14. The van der Waals surface area contributed by atoms with Crippen LogP contribution < -0.4 is 0 Å². The molecule has 0 spiro atoms. The first kappa shape index (κ1) is 16.3. The second-order valence-corrected chi connectivity index (χ2v) is 7.57. The molecule has 1 aliphatic heterocycles. The molecule has 1 fully saturated rings. The number of carbonyl (C=O) groups is 1. The van der Waals surface area contributed by atoms with Crippen molar-refractivity contribution in [2.24, 2.45) is 0 Å². The number of carbonyl (C=O) groups excluding carboxylic acids is 1. The molecule has 0 bridgehead atoms. The van der Waals surface area contributed by atoms with Crippen molar-refractivity contribution in [3.8, 4) is 0 Å². The number of nitrogens with zero attached hydrogens (tertiary/aromatic N) is 2. The number of likely N-dealkylation sites (tertiary alicyclic amines) is 1. The van der Waals surface area contributed by atoms with Gasteiger partial charge >= 0.3 is 0 Å². The van der Waals surface area contributed by atoms with Gasteiger partial charge < -0.3 is 9.47 Å². The summed E-state index contributed by atoms with van der Waals surface area (Å²) < 4.78 is 16.4. The van der Waals surface area contributed by atoms with Crippen LogP contribution in [-0.4, -0.2) is 28.5 Å². The van der Waals surface area contributed by atoms with Gasteiger partial charge in [0.1, 0.15) is 11.5 Å². The Kier molecular flexibility index (Phi) is 4.57. The highest BCUT2D eigenvalue weighted by molar-refractivity contribution is 7.17. The summed E-state index contributed by atoms with van der Waals surface area (Å²) in [5.74, 6) is -0.120. The lowest BCUT2D eigenvalue weighted by Crippen LogP contribution is -2.33. The minimum atomic E-state index is -0.238. The summed E-state index contributed by atoms with van der Waals surface area (Å²) in [5.41, 5.74) is 2.82. The number of halogens is 1. The van der Waals surface area contributed by atoms with Crippen LogP contribution in [0.3, 0.4) is 0 Å². The minimum Gasteiger partial charge on any atom is -0.337 e. The van der Waals surface area contributed by atoms with Crippen LogP contribution in [0.5, 0.6) is 0 Å². The predicted octanol–water partition coefficient (Wildman–Crippen LogP) is 4.91. The van der Waals surface area contributed by atoms with Gasteiger partial charge in [0.2, 0.25) is 0 Å². The topological polar surface area (TPSA) is 25.2 Å². The minimum absolute atomic E-state index is 0.118. The van der Waals surface area contributed by atoms with E-state index in [2.05, 4.69) is 10.6 Å². The number of amides is 1. The van der Waals surface area contributed by atoms with Crippen molar-refractivity contribution in [2.45, 2.75) is 32.2 Å². The Morgan fingerprint density at radius 1 is 1.04 bits per heavy atom. The first-order valence-corrected chi connectivity index (χ1v) is 9.71. The molecule has 0 atom stereocenters. The standard InChI is InChI=1S/C20H21FN2OS/c21-16-7-5-15(6-8-16)14-23-17-9-12-25-19(17)13-18(23)20(24)22-10-3-1-2-4-11-22/h5-9,12-13H,1-4,10-11,14H2. The lowest BCUT2D eigenvalue weighted by atomic mass is 10.2. The fourth-order valence-corrected chi connectivity index (χ4v) is 4.35. The number of fused-ring (bicyclic) bond motifs is 1. The summed E-state index contributed by atoms with van der Waals surface area (Å²) in [6.45, 7) is 2.26. The van der Waals surface area contributed by atoms with Gasteiger partial charge in [-0.3, -0.25) is 4.79 Å². The molecule has 3 nitrogen and oxygen atoms in total. The highest BCUT2D eigenvalue weighted by atomic mass is 32.1. The van der Waals surface area contributed by atoms with Crippen LogP contribution in [0.4, 0.5) is 4.39 Å². The summed E-state index contributed by atoms with van der Waals surface area (Å²) >= 11 is 1.65. The van der Waals surface area contributed by atoms with Gasteiger partial charge in [0, 0.05) is 19.6 Å². The van der Waals surface area contributed by atoms with E-state index in [4.69, 9.17) is 0 Å². The predicted molar refractivity (Wildman–Crippen MR) is 99.7 cm³/mol. The third kappa shape index (κ3) is 3.33. The van der Waals surface area contributed by atoms with Crippen LogP contribution >= 0.6 is 11.3 Å². The number of hydrogen-bond donors (Lipinski definition) is 0. The summed E-state index contributed by atoms with van der Waals surface area (Å²) in [6, 6.07) is 10.6. The van der Waals surface area contributed by atoms with Gasteiger partial charge in [0.25, 0.3) is 5.91 Å². The monoisotopic (exact) mass is 356 g/mol. The smallest absolute Gasteiger partial charge is 0.270 e. The van der Waals surface area contributed by atoms with Gasteiger partial charge in [-0.2, -0.15) is 0 Å². The number of aromatic nitrogens is 1. The molecule has 0 saturated carbocycles. The van der Waals surface area contributed by atoms with Crippen LogP contribution in [0.25, 0.3) is 10.2 Å². The zero-order chi connectivity index (χ0) is 17.2. The van der Waals surface area contributed by atoms with E-state index >= 15 is 0 Å². The molecular formula is C20H21FN2OS. The van der Waals surface area contributed by atoms with E-state index in [0.717, 1.165) is 47.4 Å². The van der Waals surface area contributed by atoms with Gasteiger partial charge in [-0.05, 0) is 48.1 Å². The maximum absolute atomic E-state index is 13.2. The van der Waals surface area contributed by atoms with Crippen molar-refractivity contribution in [1.82, 2.24) is 9.47 Å². The summed E-state index contributed by atoms with van der Waals surface area (Å²) in [4.78, 5) is 15.1. The van der Waals surface area contributed by atoms with E-state index in [-0.39, 0.29) is 11.7 Å². The molecule has 1 amide bonds. The highest BCUT2D eigenvalue weighted by Crippen LogP contribution is 2.27. The fraction of sp³-hybridized carbons (Fsp3) is 0.350. The number of hydrogen-bond acceptors (Lipinski definition) is 2. The number of rotatable bonds is 3. The molecule has 3 heterocycles. The fourth-order valence-electron chi connectivity index (χ4n) is 3.53. The second-order valence-electron chi connectivity index (χ2n) is 6.62. The van der Waals surface area contributed by atoms with Crippen molar-refractivity contribution >= 4 is 27.5 Å². The van der Waals surface area contributed by atoms with Crippen LogP contribution in [0, 0.1) is 5.82 Å². The molecule has 1 aliphatic rings. The zero-order valence-electron chi connectivity index (χ0n) is 14.1. The first-order chi connectivity index (χ1) is 12.2. The molecule has 1 aromatic carbocycles. The van der Waals surface area contributed by atoms with E-state index in [1.807, 2.05) is 16.3 Å². The second kappa shape index (κ2) is 7.00. The lowest BCUT2D eigenvalue weighted by molar-refractivity contribution is 0.0752. The van der Waals surface area contributed by atoms with Gasteiger partial charge in [-0.25, -0.2) is 4.39 Å². The van der Waals surface area contributed by atoms with E-state index in [1.54, 1.807) is 23.5 Å². The van der Waals surface area contributed by atoms with Crippen molar-refractivity contribution in [2.75, 3.05) is 13.1 Å². The Balaban J connectivity index is 1.69. The van der Waals surface area contributed by atoms with Crippen molar-refractivity contribution in [3.05, 3.63) is 58.9 Å².